The molecule has 1 aromatic rings. The average Bonchev–Trinajstić information content (AvgIpc) is 2.06. The largest absolute Gasteiger partial charge is 0.353 e. The molecule has 1 rings (SSSR count). The van der Waals surface area contributed by atoms with Crippen LogP contribution in [0.2, 0.25) is 0 Å². The van der Waals surface area contributed by atoms with Gasteiger partial charge in [0.15, 0.2) is 5.47 Å². The van der Waals surface area contributed by atoms with Crippen LogP contribution in [0.25, 0.3) is 0 Å². The smallest absolute Gasteiger partial charge is 0.172 e. The molecule has 1 N–H and O–H groups in total. The van der Waals surface area contributed by atoms with E-state index in [1.54, 1.807) is 0 Å². The van der Waals surface area contributed by atoms with Crippen LogP contribution in [-0.2, 0) is 16.0 Å². The minimum Gasteiger partial charge on any atom is -0.353 e. The molecule has 0 heterocycles. The maximum atomic E-state index is 9.75. The minimum absolute atomic E-state index is 0.770. The van der Waals surface area contributed by atoms with E-state index < -0.39 is 5.47 Å². The molecule has 12 heavy (non-hydrogen) atoms. The van der Waals surface area contributed by atoms with E-state index in [4.69, 9.17) is 16.0 Å². The van der Waals surface area contributed by atoms with Gasteiger partial charge < -0.3 is 9.08 Å². The summed E-state index contributed by atoms with van der Waals surface area (Å²) in [6.07, 6.45) is 0. The number of hydrogen-bond donors (Lipinski definition) is 1. The predicted molar refractivity (Wildman–Crippen MR) is 57.2 cm³/mol. The molecule has 0 saturated carbocycles. The van der Waals surface area contributed by atoms with Gasteiger partial charge in [-0.2, -0.15) is 0 Å². The van der Waals surface area contributed by atoms with Crippen molar-refractivity contribution in [3.8, 4) is 0 Å². The lowest BCUT2D eigenvalue weighted by Gasteiger charge is -2.11. The van der Waals surface area contributed by atoms with E-state index >= 15 is 0 Å². The van der Waals surface area contributed by atoms with Gasteiger partial charge in [0.25, 0.3) is 0 Å². The van der Waals surface area contributed by atoms with E-state index in [1.165, 1.54) is 7.11 Å². The molecule has 1 atom stereocenters. The third-order valence-electron chi connectivity index (χ3n) is 1.26. The molecule has 1 unspecified atom stereocenters. The number of benzene rings is 1. The summed E-state index contributed by atoms with van der Waals surface area (Å²) in [5.41, 5.74) is -2.52. The van der Waals surface area contributed by atoms with E-state index in [9.17, 15) is 4.89 Å². The van der Waals surface area contributed by atoms with Crippen LogP contribution in [0.3, 0.4) is 0 Å². The van der Waals surface area contributed by atoms with Gasteiger partial charge in [-0.05, 0) is 11.8 Å². The fourth-order valence-electron chi connectivity index (χ4n) is 0.760. The highest BCUT2D eigenvalue weighted by atomic mass is 32.9. The average molecular weight is 220 g/mol. The molecule has 0 aromatic heterocycles. The van der Waals surface area contributed by atoms with E-state index in [-0.39, 0.29) is 0 Å². The summed E-state index contributed by atoms with van der Waals surface area (Å²) >= 11 is 5.98. The van der Waals surface area contributed by atoms with Crippen LogP contribution in [0.1, 0.15) is 0 Å². The lowest BCUT2D eigenvalue weighted by atomic mass is 10.4. The van der Waals surface area contributed by atoms with Crippen LogP contribution in [0.15, 0.2) is 30.3 Å². The molecular formula is C7H9O2PS2. The fourth-order valence-corrected chi connectivity index (χ4v) is 3.74. The maximum Gasteiger partial charge on any atom is 0.172 e. The molecule has 0 spiro atoms. The Labute approximate surface area is 81.0 Å². The van der Waals surface area contributed by atoms with Gasteiger partial charge in [0.2, 0.25) is 0 Å². The molecule has 0 aliphatic carbocycles. The van der Waals surface area contributed by atoms with Crippen molar-refractivity contribution in [1.82, 2.24) is 0 Å². The molecule has 5 heteroatoms. The summed E-state index contributed by atoms with van der Waals surface area (Å²) in [7, 11) is 1.50. The standard InChI is InChI=1S/C7H9O2PS2/c1-9-12-10(8,11)7-5-3-2-4-6-7/h2-6H,1H3,(H,8,11). The predicted octanol–water partition coefficient (Wildman–Crippen LogP) is 1.91. The summed E-state index contributed by atoms with van der Waals surface area (Å²) in [5, 5.41) is 0.770. The third-order valence-corrected chi connectivity index (χ3v) is 5.43. The normalized spacial score (nSPS) is 15.5. The highest BCUT2D eigenvalue weighted by Crippen LogP contribution is 2.53. The zero-order valence-electron chi connectivity index (χ0n) is 6.51. The van der Waals surface area contributed by atoms with Crippen molar-refractivity contribution >= 4 is 34.2 Å². The highest BCUT2D eigenvalue weighted by Gasteiger charge is 2.16. The Kier molecular flexibility index (Phi) is 3.75. The van der Waals surface area contributed by atoms with Crippen molar-refractivity contribution in [1.29, 1.82) is 0 Å². The first kappa shape index (κ1) is 10.2. The van der Waals surface area contributed by atoms with E-state index in [2.05, 4.69) is 0 Å². The summed E-state index contributed by atoms with van der Waals surface area (Å²) in [4.78, 5) is 9.75. The van der Waals surface area contributed by atoms with Crippen LogP contribution in [0, 0.1) is 0 Å². The van der Waals surface area contributed by atoms with Gasteiger partial charge in [0.05, 0.1) is 18.8 Å². The first-order valence-electron chi connectivity index (χ1n) is 3.27. The van der Waals surface area contributed by atoms with Gasteiger partial charge in [-0.1, -0.05) is 30.3 Å². The van der Waals surface area contributed by atoms with Crippen molar-refractivity contribution in [3.63, 3.8) is 0 Å². The molecular weight excluding hydrogens is 211 g/mol. The van der Waals surface area contributed by atoms with Gasteiger partial charge in [-0.3, -0.25) is 0 Å². The van der Waals surface area contributed by atoms with E-state index in [1.807, 2.05) is 30.3 Å². The fraction of sp³-hybridized carbons (Fsp3) is 0.143. The minimum atomic E-state index is -2.52. The van der Waals surface area contributed by atoms with Gasteiger partial charge in [-0.15, -0.1) is 0 Å². The highest BCUT2D eigenvalue weighted by molar-refractivity contribution is 8.69. The lowest BCUT2D eigenvalue weighted by molar-refractivity contribution is 0.494. The van der Waals surface area contributed by atoms with Gasteiger partial charge in [0, 0.05) is 5.30 Å². The Morgan fingerprint density at radius 1 is 1.42 bits per heavy atom. The first-order valence-corrected chi connectivity index (χ1v) is 7.38. The SMILES string of the molecule is COSP(O)(=S)c1ccccc1. The molecule has 0 bridgehead atoms. The number of hydrogen-bond acceptors (Lipinski definition) is 3. The van der Waals surface area contributed by atoms with Crippen molar-refractivity contribution in [2.24, 2.45) is 0 Å². The molecule has 0 saturated heterocycles. The third kappa shape index (κ3) is 2.57. The van der Waals surface area contributed by atoms with Crippen molar-refractivity contribution in [3.05, 3.63) is 30.3 Å². The molecule has 0 aliphatic rings. The zero-order valence-corrected chi connectivity index (χ0v) is 9.03. The van der Waals surface area contributed by atoms with Crippen LogP contribution in [-0.4, -0.2) is 12.0 Å². The first-order chi connectivity index (χ1) is 5.67. The quantitative estimate of drug-likeness (QED) is 0.622. The zero-order chi connectivity index (χ0) is 9.03. The van der Waals surface area contributed by atoms with Crippen LogP contribution in [0.5, 0.6) is 0 Å². The van der Waals surface area contributed by atoms with Gasteiger partial charge >= 0.3 is 0 Å². The molecule has 2 nitrogen and oxygen atoms in total. The second-order valence-corrected chi connectivity index (χ2v) is 8.45. The molecule has 0 aliphatic heterocycles. The summed E-state index contributed by atoms with van der Waals surface area (Å²) in [5.74, 6) is 0. The maximum absolute atomic E-state index is 9.75. The van der Waals surface area contributed by atoms with Crippen molar-refractivity contribution < 1.29 is 9.08 Å². The lowest BCUT2D eigenvalue weighted by Crippen LogP contribution is -1.99. The Hall–Kier alpha value is 0.140. The monoisotopic (exact) mass is 220 g/mol. The van der Waals surface area contributed by atoms with Crippen LogP contribution in [0.4, 0.5) is 0 Å². The second-order valence-electron chi connectivity index (χ2n) is 2.10. The Balaban J connectivity index is 2.90. The molecule has 0 radical (unpaired) electrons. The Morgan fingerprint density at radius 3 is 2.50 bits per heavy atom. The number of rotatable bonds is 3. The topological polar surface area (TPSA) is 29.5 Å². The molecule has 66 valence electrons. The Morgan fingerprint density at radius 2 is 2.00 bits per heavy atom. The van der Waals surface area contributed by atoms with Crippen LogP contribution >= 0.6 is 17.1 Å². The Bertz CT molecular complexity index is 289. The van der Waals surface area contributed by atoms with Crippen molar-refractivity contribution in [2.75, 3.05) is 7.11 Å². The summed E-state index contributed by atoms with van der Waals surface area (Å²) in [6, 6.07) is 9.21. The van der Waals surface area contributed by atoms with E-state index in [0.29, 0.717) is 0 Å². The van der Waals surface area contributed by atoms with Crippen LogP contribution < -0.4 is 5.30 Å². The molecule has 1 aromatic carbocycles. The summed E-state index contributed by atoms with van der Waals surface area (Å²) in [6.45, 7) is 0. The molecule has 0 amide bonds. The van der Waals surface area contributed by atoms with Gasteiger partial charge in [0.1, 0.15) is 0 Å². The second kappa shape index (κ2) is 4.40. The van der Waals surface area contributed by atoms with E-state index in [0.717, 1.165) is 17.0 Å². The van der Waals surface area contributed by atoms with Gasteiger partial charge in [-0.25, -0.2) is 0 Å². The molecule has 0 fully saturated rings. The van der Waals surface area contributed by atoms with Crippen molar-refractivity contribution in [2.45, 2.75) is 0 Å². The summed E-state index contributed by atoms with van der Waals surface area (Å²) < 4.78 is 4.77.